The minimum Gasteiger partial charge on any atom is -1.00 e. The van der Waals surface area contributed by atoms with Gasteiger partial charge < -0.3 is 26.6 Å². The molecular formula is C50H66AlCl2LiN4O3. The zero-order chi connectivity index (χ0) is 40.9. The van der Waals surface area contributed by atoms with E-state index < -0.39 is 5.41 Å². The Balaban J connectivity index is 0.000000235. The van der Waals surface area contributed by atoms with Gasteiger partial charge in [-0.3, -0.25) is 9.59 Å². The molecule has 2 aliphatic carbocycles. The predicted molar refractivity (Wildman–Crippen MR) is 254 cm³/mol. The Hall–Kier alpha value is -2.75. The molecule has 2 amide bonds. The third-order valence-electron chi connectivity index (χ3n) is 13.2. The van der Waals surface area contributed by atoms with Crippen molar-refractivity contribution < 1.29 is 34.6 Å². The van der Waals surface area contributed by atoms with E-state index >= 15 is 0 Å². The van der Waals surface area contributed by atoms with Crippen molar-refractivity contribution in [1.82, 2.24) is 9.80 Å². The van der Waals surface area contributed by atoms with E-state index in [-0.39, 0.29) is 55.4 Å². The SMILES string of the molecule is C1CCOC1.Clc1ccc(C2(CN3CCCC(CNc4ccccc4)C3)CCC2)cc1.O=C(Nc1ccccc1)C1CCCN(C(=O)C2(c3ccc(Cl)cc3)CCC2)C1.[AlH3].[H-].[Li+]. The van der Waals surface area contributed by atoms with Crippen molar-refractivity contribution in [3.8, 4) is 0 Å². The van der Waals surface area contributed by atoms with Crippen molar-refractivity contribution in [2.75, 3.05) is 63.1 Å². The van der Waals surface area contributed by atoms with E-state index in [0.717, 1.165) is 80.6 Å². The third kappa shape index (κ3) is 13.4. The molecule has 3 heterocycles. The zero-order valence-electron chi connectivity index (χ0n) is 36.6. The third-order valence-corrected chi connectivity index (χ3v) is 13.7. The van der Waals surface area contributed by atoms with Crippen LogP contribution in [0.3, 0.4) is 0 Å². The van der Waals surface area contributed by atoms with E-state index in [4.69, 9.17) is 27.9 Å². The first kappa shape index (κ1) is 49.3. The van der Waals surface area contributed by atoms with Crippen LogP contribution in [0.1, 0.15) is 89.6 Å². The molecule has 2 saturated carbocycles. The molecule has 7 nitrogen and oxygen atoms in total. The van der Waals surface area contributed by atoms with Crippen LogP contribution in [0.5, 0.6) is 0 Å². The van der Waals surface area contributed by atoms with Gasteiger partial charge in [-0.15, -0.1) is 0 Å². The van der Waals surface area contributed by atoms with Gasteiger partial charge >= 0.3 is 18.9 Å². The van der Waals surface area contributed by atoms with Crippen molar-refractivity contribution in [2.24, 2.45) is 11.8 Å². The number of carbonyl (C=O) groups excluding carboxylic acids is 2. The average molecular weight is 876 g/mol. The number of para-hydroxylation sites is 2. The number of piperidine rings is 2. The van der Waals surface area contributed by atoms with Gasteiger partial charge in [0.05, 0.1) is 11.3 Å². The summed E-state index contributed by atoms with van der Waals surface area (Å²) in [4.78, 5) is 30.8. The Labute approximate surface area is 398 Å². The van der Waals surface area contributed by atoms with Gasteiger partial charge in [0.15, 0.2) is 17.4 Å². The van der Waals surface area contributed by atoms with Gasteiger partial charge in [0.25, 0.3) is 0 Å². The Kier molecular flexibility index (Phi) is 19.7. The normalized spacial score (nSPS) is 21.2. The summed E-state index contributed by atoms with van der Waals surface area (Å²) in [7, 11) is 0. The number of nitrogens with zero attached hydrogens (tertiary/aromatic N) is 2. The second kappa shape index (κ2) is 24.4. The Morgan fingerprint density at radius 3 is 1.79 bits per heavy atom. The molecular weight excluding hydrogens is 809 g/mol. The molecule has 5 fully saturated rings. The fraction of sp³-hybridized carbons (Fsp3) is 0.480. The van der Waals surface area contributed by atoms with E-state index in [9.17, 15) is 9.59 Å². The fourth-order valence-electron chi connectivity index (χ4n) is 9.53. The Bertz CT molecular complexity index is 1910. The first-order valence-electron chi connectivity index (χ1n) is 22.1. The molecule has 2 N–H and O–H groups in total. The Morgan fingerprint density at radius 1 is 0.672 bits per heavy atom. The van der Waals surface area contributed by atoms with Crippen LogP contribution < -0.4 is 29.5 Å². The van der Waals surface area contributed by atoms with E-state index in [1.807, 2.05) is 59.5 Å². The van der Waals surface area contributed by atoms with Crippen LogP contribution in [0.4, 0.5) is 11.4 Å². The van der Waals surface area contributed by atoms with Crippen LogP contribution in [-0.2, 0) is 25.2 Å². The largest absolute Gasteiger partial charge is 1.00 e. The molecule has 4 aromatic rings. The van der Waals surface area contributed by atoms with Crippen molar-refractivity contribution in [3.05, 3.63) is 130 Å². The van der Waals surface area contributed by atoms with Gasteiger partial charge in [0, 0.05) is 72.8 Å². The molecule has 11 heteroatoms. The first-order chi connectivity index (χ1) is 28.8. The molecule has 3 aliphatic heterocycles. The van der Waals surface area contributed by atoms with Crippen LogP contribution in [0.25, 0.3) is 0 Å². The maximum atomic E-state index is 13.5. The number of halogens is 2. The van der Waals surface area contributed by atoms with Gasteiger partial charge in [-0.1, -0.05) is 96.7 Å². The maximum absolute atomic E-state index is 13.5. The molecule has 4 aromatic carbocycles. The molecule has 61 heavy (non-hydrogen) atoms. The number of rotatable bonds is 10. The van der Waals surface area contributed by atoms with Crippen LogP contribution in [-0.4, -0.2) is 91.5 Å². The van der Waals surface area contributed by atoms with Gasteiger partial charge in [0.2, 0.25) is 11.8 Å². The molecule has 0 aromatic heterocycles. The summed E-state index contributed by atoms with van der Waals surface area (Å²) < 4.78 is 4.94. The molecule has 322 valence electrons. The molecule has 3 saturated heterocycles. The summed E-state index contributed by atoms with van der Waals surface area (Å²) in [6.45, 7) is 7.97. The smallest absolute Gasteiger partial charge is 1.00 e. The summed E-state index contributed by atoms with van der Waals surface area (Å²) in [5, 5.41) is 8.13. The first-order valence-corrected chi connectivity index (χ1v) is 22.8. The Morgan fingerprint density at radius 2 is 1.25 bits per heavy atom. The molecule has 5 aliphatic rings. The number of carbonyl (C=O) groups is 2. The number of hydrogen-bond donors (Lipinski definition) is 2. The van der Waals surface area contributed by atoms with Crippen LogP contribution >= 0.6 is 23.2 Å². The van der Waals surface area contributed by atoms with E-state index in [0.29, 0.717) is 17.0 Å². The molecule has 0 bridgehead atoms. The van der Waals surface area contributed by atoms with E-state index in [1.54, 1.807) is 0 Å². The van der Waals surface area contributed by atoms with Gasteiger partial charge in [0.1, 0.15) is 0 Å². The number of ether oxygens (including phenoxy) is 1. The minimum atomic E-state index is -0.442. The summed E-state index contributed by atoms with van der Waals surface area (Å²) >= 11 is 12.1. The van der Waals surface area contributed by atoms with Crippen LogP contribution in [0.15, 0.2) is 109 Å². The number of hydrogen-bond acceptors (Lipinski definition) is 5. The van der Waals surface area contributed by atoms with Gasteiger partial charge in [-0.2, -0.15) is 0 Å². The summed E-state index contributed by atoms with van der Waals surface area (Å²) in [5.41, 5.74) is 4.48. The molecule has 9 rings (SSSR count). The quantitative estimate of drug-likeness (QED) is 0.169. The number of nitrogens with one attached hydrogen (secondary N) is 2. The average Bonchev–Trinajstić information content (AvgIpc) is 3.84. The summed E-state index contributed by atoms with van der Waals surface area (Å²) in [6, 6.07) is 36.4. The second-order valence-corrected chi connectivity index (χ2v) is 18.2. The van der Waals surface area contributed by atoms with Gasteiger partial charge in [-0.05, 0) is 136 Å². The summed E-state index contributed by atoms with van der Waals surface area (Å²) in [5.74, 6) is 0.739. The van der Waals surface area contributed by atoms with Gasteiger partial charge in [-0.25, -0.2) is 0 Å². The van der Waals surface area contributed by atoms with Crippen molar-refractivity contribution in [1.29, 1.82) is 0 Å². The minimum absolute atomic E-state index is 0. The van der Waals surface area contributed by atoms with Crippen molar-refractivity contribution >= 4 is 63.8 Å². The molecule has 0 spiro atoms. The summed E-state index contributed by atoms with van der Waals surface area (Å²) in [6.07, 6.45) is 13.7. The topological polar surface area (TPSA) is 73.9 Å². The number of amides is 2. The van der Waals surface area contributed by atoms with Crippen LogP contribution in [0.2, 0.25) is 10.0 Å². The van der Waals surface area contributed by atoms with Crippen molar-refractivity contribution in [2.45, 2.75) is 87.9 Å². The predicted octanol–water partition coefficient (Wildman–Crippen LogP) is 6.95. The van der Waals surface area contributed by atoms with E-state index in [2.05, 4.69) is 70.1 Å². The number of anilines is 2. The van der Waals surface area contributed by atoms with Crippen LogP contribution in [0, 0.1) is 11.8 Å². The fourth-order valence-corrected chi connectivity index (χ4v) is 9.78. The number of benzene rings is 4. The van der Waals surface area contributed by atoms with E-state index in [1.165, 1.54) is 75.8 Å². The number of likely N-dealkylation sites (tertiary alicyclic amines) is 2. The zero-order valence-corrected chi connectivity index (χ0v) is 37.1. The molecule has 0 radical (unpaired) electrons. The van der Waals surface area contributed by atoms with Crippen molar-refractivity contribution in [3.63, 3.8) is 0 Å². The maximum Gasteiger partial charge on any atom is 1.00 e. The molecule has 2 unspecified atom stereocenters. The second-order valence-electron chi connectivity index (χ2n) is 17.3. The standard InChI is InChI=1S/C23H25ClN2O2.C23H29ClN2.C4H8O.Al.Li.4H/c24-19-11-9-18(10-12-19)23(13-5-14-23)22(28)26-15-4-6-17(16-26)21(27)25-20-7-2-1-3-8-20;24-21-11-9-20(10-12-21)23(13-5-14-23)18-26-15-4-6-19(17-26)16-25-22-7-2-1-3-8-22;1-2-4-5-3-1;;;;;;/h1-3,7-12,17H,4-6,13-16H2,(H,25,27);1-3,7-12,19,25H,4-6,13-18H2;1-4H2;;;;;;/q;;;;+1;;;;-1. The monoisotopic (exact) mass is 874 g/mol. The molecule has 2 atom stereocenters.